The molecule has 474 valence electrons. The zero-order chi connectivity index (χ0) is 63.2. The van der Waals surface area contributed by atoms with Gasteiger partial charge in [0.05, 0.1) is 16.4 Å². The number of hydrogen-bond donors (Lipinski definition) is 6. The van der Waals surface area contributed by atoms with Gasteiger partial charge in [-0.25, -0.2) is 14.4 Å². The number of fused-ring (bicyclic) bond motifs is 4. The maximum absolute atomic E-state index is 14.5. The Bertz CT molecular complexity index is 3340. The lowest BCUT2D eigenvalue weighted by molar-refractivity contribution is -0.136. The summed E-state index contributed by atoms with van der Waals surface area (Å²) < 4.78 is 18.8. The number of anilines is 2. The van der Waals surface area contributed by atoms with Gasteiger partial charge < -0.3 is 60.9 Å². The first-order chi connectivity index (χ1) is 42.1. The number of imide groups is 1. The van der Waals surface area contributed by atoms with E-state index in [0.29, 0.717) is 67.5 Å². The number of primary amides is 1. The van der Waals surface area contributed by atoms with Gasteiger partial charge in [-0.05, 0) is 129 Å². The molecule has 7 N–H and O–H groups in total. The van der Waals surface area contributed by atoms with Gasteiger partial charge in [-0.2, -0.15) is 0 Å². The molecule has 0 saturated carbocycles. The summed E-state index contributed by atoms with van der Waals surface area (Å²) in [5.41, 5.74) is 9.50. The number of carbonyl (C=O) groups excluding carboxylic acids is 8. The average Bonchev–Trinajstić information content (AvgIpc) is 2.02. The van der Waals surface area contributed by atoms with E-state index in [1.54, 1.807) is 49.3 Å². The third kappa shape index (κ3) is 17.3. The highest BCUT2D eigenvalue weighted by Crippen LogP contribution is 2.49. The lowest BCUT2D eigenvalue weighted by Crippen LogP contribution is -2.53. The van der Waals surface area contributed by atoms with Gasteiger partial charge in [-0.15, -0.1) is 22.9 Å². The van der Waals surface area contributed by atoms with Crippen molar-refractivity contribution in [3.63, 3.8) is 0 Å². The van der Waals surface area contributed by atoms with E-state index in [9.17, 15) is 38.4 Å². The van der Waals surface area contributed by atoms with E-state index in [2.05, 4.69) is 31.2 Å². The lowest BCUT2D eigenvalue weighted by Gasteiger charge is -2.33. The number of nitrogens with zero attached hydrogens (tertiary/aromatic N) is 5. The molecular weight excluding hydrogens is 1170 g/mol. The largest absolute Gasteiger partial charge is 0.492 e. The highest BCUT2D eigenvalue weighted by Gasteiger charge is 2.38. The number of aromatic amines is 1. The maximum atomic E-state index is 14.5. The van der Waals surface area contributed by atoms with E-state index in [1.165, 1.54) is 51.0 Å². The van der Waals surface area contributed by atoms with Crippen LogP contribution in [-0.2, 0) is 30.5 Å². The summed E-state index contributed by atoms with van der Waals surface area (Å²) in [6, 6.07) is 13.9. The summed E-state index contributed by atoms with van der Waals surface area (Å²) in [5.74, 6) is -0.559. The highest BCUT2D eigenvalue weighted by molar-refractivity contribution is 7.17. The summed E-state index contributed by atoms with van der Waals surface area (Å²) >= 11 is 8.10. The van der Waals surface area contributed by atoms with Crippen LogP contribution < -0.4 is 41.4 Å². The smallest absolute Gasteiger partial charge is 0.415 e. The molecule has 24 heteroatoms. The Morgan fingerprint density at radius 1 is 0.864 bits per heavy atom. The minimum Gasteiger partial charge on any atom is -0.492 e. The molecule has 0 aliphatic carbocycles. The number of halogens is 1. The van der Waals surface area contributed by atoms with Crippen LogP contribution in [0.3, 0.4) is 0 Å². The average molecular weight is 1250 g/mol. The van der Waals surface area contributed by atoms with E-state index in [4.69, 9.17) is 31.5 Å². The van der Waals surface area contributed by atoms with Gasteiger partial charge in [0.15, 0.2) is 5.75 Å². The summed E-state index contributed by atoms with van der Waals surface area (Å²) in [6.45, 7) is 15.1. The zero-order valence-electron chi connectivity index (χ0n) is 51.5. The zero-order valence-corrected chi connectivity index (χ0v) is 53.0. The second-order valence-electron chi connectivity index (χ2n) is 24.3. The fraction of sp³-hybridized carbons (Fsp3) is 0.500. The van der Waals surface area contributed by atoms with Crippen molar-refractivity contribution in [2.24, 2.45) is 17.1 Å². The first-order valence-corrected chi connectivity index (χ1v) is 31.7. The summed E-state index contributed by atoms with van der Waals surface area (Å²) in [4.78, 5) is 116. The van der Waals surface area contributed by atoms with Gasteiger partial charge in [-0.3, -0.25) is 33.8 Å². The van der Waals surface area contributed by atoms with Gasteiger partial charge in [0, 0.05) is 111 Å². The number of benzene rings is 3. The van der Waals surface area contributed by atoms with Gasteiger partial charge in [0.2, 0.25) is 11.8 Å². The van der Waals surface area contributed by atoms with Crippen molar-refractivity contribution in [2.45, 2.75) is 111 Å². The van der Waals surface area contributed by atoms with Crippen molar-refractivity contribution in [3.05, 3.63) is 94.5 Å². The minimum absolute atomic E-state index is 0.0687. The monoisotopic (exact) mass is 1250 g/mol. The van der Waals surface area contributed by atoms with Crippen LogP contribution in [0.4, 0.5) is 25.8 Å². The summed E-state index contributed by atoms with van der Waals surface area (Å²) in [7, 11) is 3.26. The van der Waals surface area contributed by atoms with Crippen LogP contribution in [0.15, 0.2) is 72.1 Å². The van der Waals surface area contributed by atoms with Gasteiger partial charge in [-0.1, -0.05) is 52.7 Å². The molecule has 3 aliphatic rings. The molecule has 2 aromatic heterocycles. The number of alkyl halides is 1. The van der Waals surface area contributed by atoms with E-state index in [1.807, 2.05) is 64.3 Å². The Balaban J connectivity index is 0.814. The van der Waals surface area contributed by atoms with Crippen LogP contribution in [0.1, 0.15) is 112 Å². The lowest BCUT2D eigenvalue weighted by atomic mass is 9.92. The number of aryl methyl sites for hydroxylation is 1. The van der Waals surface area contributed by atoms with Crippen molar-refractivity contribution in [3.8, 4) is 11.5 Å². The van der Waals surface area contributed by atoms with Gasteiger partial charge in [0.25, 0.3) is 17.7 Å². The predicted molar refractivity (Wildman–Crippen MR) is 341 cm³/mol. The number of rotatable bonds is 30. The fourth-order valence-electron chi connectivity index (χ4n) is 11.7. The molecule has 0 unspecified atom stereocenters. The van der Waals surface area contributed by atoms with Crippen LogP contribution >= 0.6 is 22.9 Å². The second-order valence-corrected chi connectivity index (χ2v) is 25.4. The van der Waals surface area contributed by atoms with Crippen molar-refractivity contribution in [2.75, 3.05) is 95.7 Å². The number of thiophene rings is 1. The quantitative estimate of drug-likeness (QED) is 0.0143. The topological polar surface area (TPSA) is 270 Å². The molecule has 1 saturated heterocycles. The molecular formula is C64H84ClN11O11S. The fourth-order valence-corrected chi connectivity index (χ4v) is 13.0. The number of urea groups is 1. The molecule has 0 radical (unpaired) electrons. The Hall–Kier alpha value is -7.73. The predicted octanol–water partition coefficient (Wildman–Crippen LogP) is 8.85. The Morgan fingerprint density at radius 2 is 1.57 bits per heavy atom. The van der Waals surface area contributed by atoms with Crippen molar-refractivity contribution in [1.82, 2.24) is 40.5 Å². The van der Waals surface area contributed by atoms with Crippen molar-refractivity contribution >= 4 is 103 Å². The number of nitrogens with one attached hydrogen (secondary N) is 5. The third-order valence-electron chi connectivity index (χ3n) is 16.1. The van der Waals surface area contributed by atoms with Crippen LogP contribution in [0.25, 0.3) is 21.0 Å². The molecule has 3 aliphatic heterocycles. The second kappa shape index (κ2) is 30.5. The number of nitrogens with two attached hydrogens (primary N) is 1. The molecule has 8 rings (SSSR count). The number of H-pyrrole nitrogens is 1. The SMILES string of the molecule is Cc1csc2c(OC(=O)N(C)CC(C)(C)CN(C)C(=O)OCc3ccc(NC(=O)[C@H](CCCNC(N)=O)NC(=O)[C@@H](NCCCCCCN4C(=O)C=CC4=O)C(C)C)cc3)cc3c(c12)[C@H](CCl)CN3C(=O)c1cc2cc(OCCN3CCCC3)ccc2[nH]1. The van der Waals surface area contributed by atoms with Crippen LogP contribution in [-0.4, -0.2) is 170 Å². The van der Waals surface area contributed by atoms with Gasteiger partial charge >= 0.3 is 18.2 Å². The number of unbranched alkanes of at least 4 members (excludes halogenated alkanes) is 3. The van der Waals surface area contributed by atoms with E-state index in [0.717, 1.165) is 76.8 Å². The minimum atomic E-state index is -0.954. The molecule has 9 amide bonds. The number of likely N-dealkylation sites (tertiary alicyclic amines) is 1. The normalized spacial score (nSPS) is 15.7. The Labute approximate surface area is 523 Å². The van der Waals surface area contributed by atoms with Crippen LogP contribution in [0, 0.1) is 18.3 Å². The highest BCUT2D eigenvalue weighted by atomic mass is 35.5. The van der Waals surface area contributed by atoms with E-state index in [-0.39, 0.29) is 74.0 Å². The van der Waals surface area contributed by atoms with E-state index >= 15 is 0 Å². The molecule has 22 nitrogen and oxygen atoms in total. The molecule has 0 spiro atoms. The van der Waals surface area contributed by atoms with Gasteiger partial charge in [0.1, 0.15) is 30.7 Å². The number of ether oxygens (including phenoxy) is 3. The number of hydrogen-bond acceptors (Lipinski definition) is 14. The molecule has 0 bridgehead atoms. The van der Waals surface area contributed by atoms with Crippen LogP contribution in [0.2, 0.25) is 0 Å². The third-order valence-corrected chi connectivity index (χ3v) is 17.6. The molecule has 1 fully saturated rings. The molecule has 5 aromatic rings. The van der Waals surface area contributed by atoms with Crippen molar-refractivity contribution < 1.29 is 52.6 Å². The molecule has 3 atom stereocenters. The number of amides is 9. The first kappa shape index (κ1) is 66.2. The summed E-state index contributed by atoms with van der Waals surface area (Å²) in [5, 5.41) is 15.4. The van der Waals surface area contributed by atoms with E-state index < -0.39 is 41.6 Å². The molecule has 3 aromatic carbocycles. The molecule has 5 heterocycles. The Kier molecular flexibility index (Phi) is 22.9. The standard InChI is InChI=1S/C64H84ClN11O11S/c1-40(2)56(67-24-10-8-9-11-28-75-52(77)22-23-53(75)78)59(80)71-48(15-14-25-68-61(66)82)58(79)69-45-18-16-42(17-19-45)36-86-62(83)72(6)38-64(4,5)39-73(7)63(84)87-51-33-50-55(54-41(3)37-88-57(51)54)44(34-65)35-76(50)60(81)49-32-43-31-46(20-21-47(43)70-49)85-30-29-74-26-12-13-27-74/h16-23,31-33,37,40,44,48,56,67,70H,8-15,24-30,34-36,38-39H2,1-7H3,(H,69,79)(H,71,80)(H3,66,68,82)/t44-,48+,56+/m1/s1. The Morgan fingerprint density at radius 3 is 2.26 bits per heavy atom. The maximum Gasteiger partial charge on any atom is 0.415 e. The van der Waals surface area contributed by atoms with Crippen molar-refractivity contribution in [1.29, 1.82) is 0 Å². The first-order valence-electron chi connectivity index (χ1n) is 30.3. The number of aromatic nitrogens is 1. The molecule has 88 heavy (non-hydrogen) atoms. The number of carbonyl (C=O) groups is 8. The summed E-state index contributed by atoms with van der Waals surface area (Å²) in [6.07, 6.45) is 7.42. The van der Waals surface area contributed by atoms with Crippen LogP contribution in [0.5, 0.6) is 11.5 Å².